The van der Waals surface area contributed by atoms with Crippen LogP contribution in [0.15, 0.2) is 66.9 Å². The Labute approximate surface area is 152 Å². The number of hydrogen-bond donors (Lipinski definition) is 1. The maximum atomic E-state index is 5.75. The average Bonchev–Trinajstić information content (AvgIpc) is 2.70. The van der Waals surface area contributed by atoms with Gasteiger partial charge >= 0.3 is 0 Å². The molecule has 1 fully saturated rings. The summed E-state index contributed by atoms with van der Waals surface area (Å²) in [6, 6.07) is 19.5. The molecule has 4 rings (SSSR count). The fourth-order valence-corrected chi connectivity index (χ4v) is 2.77. The van der Waals surface area contributed by atoms with Crippen LogP contribution in [-0.2, 0) is 4.74 Å². The van der Waals surface area contributed by atoms with Gasteiger partial charge in [0.2, 0.25) is 11.8 Å². The normalized spacial score (nSPS) is 14.1. The summed E-state index contributed by atoms with van der Waals surface area (Å²) in [5.41, 5.74) is 2.12. The van der Waals surface area contributed by atoms with Gasteiger partial charge in [0.05, 0.1) is 13.2 Å². The van der Waals surface area contributed by atoms with Crippen LogP contribution in [0.5, 0.6) is 11.6 Å². The SMILES string of the molecule is c1ccc(Oc2ccnc(Nc3ccc(N4CCOCC4)cc3)n2)cc1. The van der Waals surface area contributed by atoms with Crippen LogP contribution in [0.2, 0.25) is 0 Å². The Morgan fingerprint density at radius 2 is 1.69 bits per heavy atom. The standard InChI is InChI=1S/C20H20N4O2/c1-2-4-18(5-3-1)26-19-10-11-21-20(23-19)22-16-6-8-17(9-7-16)24-12-14-25-15-13-24/h1-11H,12-15H2,(H,21,22,23). The van der Waals surface area contributed by atoms with E-state index in [-0.39, 0.29) is 0 Å². The summed E-state index contributed by atoms with van der Waals surface area (Å²) in [6.45, 7) is 3.41. The zero-order valence-electron chi connectivity index (χ0n) is 14.3. The van der Waals surface area contributed by atoms with Gasteiger partial charge in [0.1, 0.15) is 5.75 Å². The van der Waals surface area contributed by atoms with Crippen LogP contribution in [-0.4, -0.2) is 36.3 Å². The molecule has 1 saturated heterocycles. The second-order valence-electron chi connectivity index (χ2n) is 5.90. The number of rotatable bonds is 5. The molecule has 132 valence electrons. The molecule has 1 N–H and O–H groups in total. The summed E-state index contributed by atoms with van der Waals surface area (Å²) in [7, 11) is 0. The molecule has 0 amide bonds. The molecule has 0 unspecified atom stereocenters. The molecule has 26 heavy (non-hydrogen) atoms. The molecular formula is C20H20N4O2. The van der Waals surface area contributed by atoms with E-state index in [1.807, 2.05) is 42.5 Å². The largest absolute Gasteiger partial charge is 0.439 e. The summed E-state index contributed by atoms with van der Waals surface area (Å²) in [5.74, 6) is 1.74. The summed E-state index contributed by atoms with van der Waals surface area (Å²) >= 11 is 0. The van der Waals surface area contributed by atoms with Crippen molar-refractivity contribution in [2.24, 2.45) is 0 Å². The van der Waals surface area contributed by atoms with Crippen molar-refractivity contribution in [3.05, 3.63) is 66.9 Å². The van der Waals surface area contributed by atoms with Gasteiger partial charge in [-0.15, -0.1) is 0 Å². The Balaban J connectivity index is 1.43. The molecule has 2 heterocycles. The third kappa shape index (κ3) is 4.10. The molecule has 6 heteroatoms. The van der Waals surface area contributed by atoms with E-state index in [9.17, 15) is 0 Å². The van der Waals surface area contributed by atoms with Crippen LogP contribution in [0.4, 0.5) is 17.3 Å². The van der Waals surface area contributed by atoms with Crippen LogP contribution in [0.25, 0.3) is 0 Å². The van der Waals surface area contributed by atoms with E-state index in [1.54, 1.807) is 12.3 Å². The Kier molecular flexibility index (Phi) is 4.93. The lowest BCUT2D eigenvalue weighted by atomic mass is 10.2. The zero-order chi connectivity index (χ0) is 17.6. The van der Waals surface area contributed by atoms with Crippen LogP contribution in [0.1, 0.15) is 0 Å². The zero-order valence-corrected chi connectivity index (χ0v) is 14.3. The van der Waals surface area contributed by atoms with E-state index >= 15 is 0 Å². The number of hydrogen-bond acceptors (Lipinski definition) is 6. The van der Waals surface area contributed by atoms with Gasteiger partial charge in [0, 0.05) is 36.7 Å². The number of para-hydroxylation sites is 1. The lowest BCUT2D eigenvalue weighted by molar-refractivity contribution is 0.122. The highest BCUT2D eigenvalue weighted by Gasteiger charge is 2.11. The molecule has 1 aliphatic heterocycles. The predicted octanol–water partition coefficient (Wildman–Crippen LogP) is 3.85. The Bertz CT molecular complexity index is 834. The summed E-state index contributed by atoms with van der Waals surface area (Å²) in [4.78, 5) is 11.0. The predicted molar refractivity (Wildman–Crippen MR) is 101 cm³/mol. The molecule has 1 aliphatic rings. The average molecular weight is 348 g/mol. The first-order valence-electron chi connectivity index (χ1n) is 8.62. The highest BCUT2D eigenvalue weighted by atomic mass is 16.5. The molecular weight excluding hydrogens is 328 g/mol. The lowest BCUT2D eigenvalue weighted by Gasteiger charge is -2.28. The second-order valence-corrected chi connectivity index (χ2v) is 5.90. The third-order valence-corrected chi connectivity index (χ3v) is 4.10. The molecule has 0 saturated carbocycles. The second kappa shape index (κ2) is 7.84. The molecule has 3 aromatic rings. The van der Waals surface area contributed by atoms with Crippen molar-refractivity contribution in [3.8, 4) is 11.6 Å². The maximum absolute atomic E-state index is 5.75. The number of nitrogens with one attached hydrogen (secondary N) is 1. The van der Waals surface area contributed by atoms with E-state index < -0.39 is 0 Å². The number of anilines is 3. The van der Waals surface area contributed by atoms with Gasteiger partial charge in [-0.05, 0) is 36.4 Å². The first-order chi connectivity index (χ1) is 12.9. The Morgan fingerprint density at radius 1 is 0.923 bits per heavy atom. The highest BCUT2D eigenvalue weighted by molar-refractivity contribution is 5.59. The van der Waals surface area contributed by atoms with Crippen molar-refractivity contribution in [2.45, 2.75) is 0 Å². The quantitative estimate of drug-likeness (QED) is 0.756. The topological polar surface area (TPSA) is 59.5 Å². The van der Waals surface area contributed by atoms with E-state index in [0.717, 1.165) is 37.7 Å². The van der Waals surface area contributed by atoms with Gasteiger partial charge in [-0.1, -0.05) is 18.2 Å². The fourth-order valence-electron chi connectivity index (χ4n) is 2.77. The molecule has 2 aromatic carbocycles. The van der Waals surface area contributed by atoms with E-state index in [4.69, 9.17) is 9.47 Å². The molecule has 0 spiro atoms. The third-order valence-electron chi connectivity index (χ3n) is 4.10. The minimum atomic E-state index is 0.498. The summed E-state index contributed by atoms with van der Waals surface area (Å²) < 4.78 is 11.1. The van der Waals surface area contributed by atoms with Gasteiger partial charge in [-0.3, -0.25) is 0 Å². The molecule has 6 nitrogen and oxygen atoms in total. The first kappa shape index (κ1) is 16.4. The first-order valence-corrected chi connectivity index (χ1v) is 8.62. The lowest BCUT2D eigenvalue weighted by Crippen LogP contribution is -2.36. The van der Waals surface area contributed by atoms with Crippen molar-refractivity contribution in [2.75, 3.05) is 36.5 Å². The monoisotopic (exact) mass is 348 g/mol. The highest BCUT2D eigenvalue weighted by Crippen LogP contribution is 2.23. The minimum Gasteiger partial charge on any atom is -0.439 e. The van der Waals surface area contributed by atoms with E-state index in [1.165, 1.54) is 5.69 Å². The number of morpholine rings is 1. The van der Waals surface area contributed by atoms with Gasteiger partial charge in [-0.2, -0.15) is 4.98 Å². The molecule has 0 radical (unpaired) electrons. The van der Waals surface area contributed by atoms with Crippen LogP contribution in [0, 0.1) is 0 Å². The van der Waals surface area contributed by atoms with Crippen molar-refractivity contribution in [1.29, 1.82) is 0 Å². The number of nitrogens with zero attached hydrogens (tertiary/aromatic N) is 3. The molecule has 0 atom stereocenters. The van der Waals surface area contributed by atoms with E-state index in [0.29, 0.717) is 11.8 Å². The summed E-state index contributed by atoms with van der Waals surface area (Å²) in [5, 5.41) is 3.21. The van der Waals surface area contributed by atoms with Crippen molar-refractivity contribution >= 4 is 17.3 Å². The Hall–Kier alpha value is -3.12. The van der Waals surface area contributed by atoms with Crippen LogP contribution in [0.3, 0.4) is 0 Å². The van der Waals surface area contributed by atoms with Gasteiger partial charge in [0.25, 0.3) is 0 Å². The Morgan fingerprint density at radius 3 is 2.46 bits per heavy atom. The molecule has 0 bridgehead atoms. The smallest absolute Gasteiger partial charge is 0.230 e. The van der Waals surface area contributed by atoms with Gasteiger partial charge < -0.3 is 19.7 Å². The number of benzene rings is 2. The van der Waals surface area contributed by atoms with E-state index in [2.05, 4.69) is 32.3 Å². The number of ether oxygens (including phenoxy) is 2. The fraction of sp³-hybridized carbons (Fsp3) is 0.200. The van der Waals surface area contributed by atoms with Crippen molar-refractivity contribution in [1.82, 2.24) is 9.97 Å². The van der Waals surface area contributed by atoms with Crippen LogP contribution >= 0.6 is 0 Å². The van der Waals surface area contributed by atoms with Gasteiger partial charge in [0.15, 0.2) is 0 Å². The number of aromatic nitrogens is 2. The maximum Gasteiger partial charge on any atom is 0.230 e. The van der Waals surface area contributed by atoms with Crippen LogP contribution < -0.4 is 15.0 Å². The van der Waals surface area contributed by atoms with Crippen molar-refractivity contribution < 1.29 is 9.47 Å². The molecule has 1 aromatic heterocycles. The minimum absolute atomic E-state index is 0.498. The summed E-state index contributed by atoms with van der Waals surface area (Å²) in [6.07, 6.45) is 1.68. The van der Waals surface area contributed by atoms with Gasteiger partial charge in [-0.25, -0.2) is 4.98 Å². The van der Waals surface area contributed by atoms with Crippen molar-refractivity contribution in [3.63, 3.8) is 0 Å². The molecule has 0 aliphatic carbocycles.